The Morgan fingerprint density at radius 1 is 1.05 bits per heavy atom. The molecule has 3 heteroatoms. The lowest BCUT2D eigenvalue weighted by atomic mass is 9.80. The first-order valence-corrected chi connectivity index (χ1v) is 8.28. The molecule has 3 nitrogen and oxygen atoms in total. The average Bonchev–Trinajstić information content (AvgIpc) is 2.57. The molecule has 3 fully saturated rings. The average molecular weight is 264 g/mol. The van der Waals surface area contributed by atoms with Gasteiger partial charge >= 0.3 is 0 Å². The summed E-state index contributed by atoms with van der Waals surface area (Å²) in [6.07, 6.45) is 13.0. The van der Waals surface area contributed by atoms with Crippen LogP contribution in [0.2, 0.25) is 0 Å². The second-order valence-electron chi connectivity index (χ2n) is 6.97. The molecule has 1 saturated carbocycles. The van der Waals surface area contributed by atoms with Crippen molar-refractivity contribution in [2.24, 2.45) is 5.41 Å². The maximum Gasteiger partial charge on any atom is 0.220 e. The molecule has 0 bridgehead atoms. The Morgan fingerprint density at radius 3 is 2.63 bits per heavy atom. The molecule has 0 aromatic carbocycles. The summed E-state index contributed by atoms with van der Waals surface area (Å²) in [4.78, 5) is 14.2. The van der Waals surface area contributed by atoms with Gasteiger partial charge in [0.1, 0.15) is 0 Å². The zero-order valence-corrected chi connectivity index (χ0v) is 12.1. The van der Waals surface area contributed by atoms with Crippen molar-refractivity contribution in [2.45, 2.75) is 70.3 Å². The minimum Gasteiger partial charge on any atom is -0.356 e. The van der Waals surface area contributed by atoms with Crippen LogP contribution in [-0.2, 0) is 4.79 Å². The summed E-state index contributed by atoms with van der Waals surface area (Å²) in [5.74, 6) is 0.255. The van der Waals surface area contributed by atoms with Gasteiger partial charge in [0, 0.05) is 25.6 Å². The first kappa shape index (κ1) is 13.4. The molecule has 1 N–H and O–H groups in total. The molecule has 0 radical (unpaired) electrons. The van der Waals surface area contributed by atoms with Crippen LogP contribution in [0.1, 0.15) is 64.2 Å². The normalized spacial score (nSPS) is 32.8. The van der Waals surface area contributed by atoms with Crippen LogP contribution in [-0.4, -0.2) is 36.5 Å². The van der Waals surface area contributed by atoms with Gasteiger partial charge in [-0.15, -0.1) is 0 Å². The smallest absolute Gasteiger partial charge is 0.220 e. The number of nitrogens with one attached hydrogen (secondary N) is 1. The van der Waals surface area contributed by atoms with E-state index in [9.17, 15) is 4.79 Å². The summed E-state index contributed by atoms with van der Waals surface area (Å²) in [5, 5.41) is 3.01. The summed E-state index contributed by atoms with van der Waals surface area (Å²) < 4.78 is 0. The molecule has 1 atom stereocenters. The van der Waals surface area contributed by atoms with E-state index in [0.29, 0.717) is 11.5 Å². The standard InChI is InChI=1S/C16H28N2O/c19-15-6-5-14(7-11-17-15)18-12-10-16(13-18)8-3-1-2-4-9-16/h14H,1-13H2,(H,17,19)/t14-/m1/s1. The highest BCUT2D eigenvalue weighted by Crippen LogP contribution is 2.43. The third-order valence-corrected chi connectivity index (χ3v) is 5.65. The van der Waals surface area contributed by atoms with E-state index in [-0.39, 0.29) is 5.91 Å². The van der Waals surface area contributed by atoms with Gasteiger partial charge in [0.2, 0.25) is 5.91 Å². The van der Waals surface area contributed by atoms with Gasteiger partial charge < -0.3 is 5.32 Å². The molecule has 19 heavy (non-hydrogen) atoms. The van der Waals surface area contributed by atoms with E-state index in [2.05, 4.69) is 10.2 Å². The highest BCUT2D eigenvalue weighted by Gasteiger charge is 2.40. The van der Waals surface area contributed by atoms with Crippen LogP contribution < -0.4 is 5.32 Å². The molecule has 1 aliphatic carbocycles. The molecule has 0 aromatic heterocycles. The molecule has 3 rings (SSSR count). The first-order valence-electron chi connectivity index (χ1n) is 8.28. The maximum absolute atomic E-state index is 11.5. The predicted octanol–water partition coefficient (Wildman–Crippen LogP) is 2.70. The van der Waals surface area contributed by atoms with Gasteiger partial charge in [0.05, 0.1) is 0 Å². The van der Waals surface area contributed by atoms with Gasteiger partial charge in [-0.2, -0.15) is 0 Å². The quantitative estimate of drug-likeness (QED) is 0.790. The Bertz CT molecular complexity index is 321. The number of nitrogens with zero attached hydrogens (tertiary/aromatic N) is 1. The molecule has 2 saturated heterocycles. The molecular weight excluding hydrogens is 236 g/mol. The second-order valence-corrected chi connectivity index (χ2v) is 6.97. The summed E-state index contributed by atoms with van der Waals surface area (Å²) in [7, 11) is 0. The van der Waals surface area contributed by atoms with Crippen molar-refractivity contribution in [1.82, 2.24) is 10.2 Å². The highest BCUT2D eigenvalue weighted by molar-refractivity contribution is 5.76. The lowest BCUT2D eigenvalue weighted by Crippen LogP contribution is -2.36. The first-order chi connectivity index (χ1) is 9.27. The van der Waals surface area contributed by atoms with Crippen molar-refractivity contribution in [3.05, 3.63) is 0 Å². The molecule has 108 valence electrons. The Kier molecular flexibility index (Phi) is 4.11. The van der Waals surface area contributed by atoms with E-state index in [0.717, 1.165) is 25.8 Å². The van der Waals surface area contributed by atoms with Crippen molar-refractivity contribution in [2.75, 3.05) is 19.6 Å². The topological polar surface area (TPSA) is 32.3 Å². The van der Waals surface area contributed by atoms with Gasteiger partial charge in [-0.25, -0.2) is 0 Å². The zero-order chi connectivity index (χ0) is 13.1. The van der Waals surface area contributed by atoms with Gasteiger partial charge in [0.25, 0.3) is 0 Å². The number of hydrogen-bond acceptors (Lipinski definition) is 2. The maximum atomic E-state index is 11.5. The molecule has 2 aliphatic heterocycles. The summed E-state index contributed by atoms with van der Waals surface area (Å²) in [5.41, 5.74) is 0.639. The number of carbonyl (C=O) groups is 1. The fourth-order valence-corrected chi connectivity index (χ4v) is 4.44. The van der Waals surface area contributed by atoms with E-state index >= 15 is 0 Å². The molecule has 2 heterocycles. The number of hydrogen-bond donors (Lipinski definition) is 1. The van der Waals surface area contributed by atoms with Crippen LogP contribution in [0.4, 0.5) is 0 Å². The van der Waals surface area contributed by atoms with Gasteiger partial charge in [-0.1, -0.05) is 25.7 Å². The summed E-state index contributed by atoms with van der Waals surface area (Å²) >= 11 is 0. The zero-order valence-electron chi connectivity index (χ0n) is 12.1. The largest absolute Gasteiger partial charge is 0.356 e. The van der Waals surface area contributed by atoms with Crippen LogP contribution in [0.25, 0.3) is 0 Å². The lowest BCUT2D eigenvalue weighted by molar-refractivity contribution is -0.120. The van der Waals surface area contributed by atoms with E-state index in [4.69, 9.17) is 0 Å². The second kappa shape index (κ2) is 5.82. The Hall–Kier alpha value is -0.570. The van der Waals surface area contributed by atoms with Crippen LogP contribution in [0.3, 0.4) is 0 Å². The van der Waals surface area contributed by atoms with Crippen molar-refractivity contribution < 1.29 is 4.79 Å². The van der Waals surface area contributed by atoms with Crippen molar-refractivity contribution in [3.8, 4) is 0 Å². The van der Waals surface area contributed by atoms with Gasteiger partial charge in [0.15, 0.2) is 0 Å². The molecule has 3 aliphatic rings. The minimum absolute atomic E-state index is 0.255. The number of amides is 1. The third kappa shape index (κ3) is 3.13. The van der Waals surface area contributed by atoms with E-state index < -0.39 is 0 Å². The summed E-state index contributed by atoms with van der Waals surface area (Å²) in [6.45, 7) is 3.47. The highest BCUT2D eigenvalue weighted by atomic mass is 16.1. The van der Waals surface area contributed by atoms with Crippen molar-refractivity contribution in [3.63, 3.8) is 0 Å². The number of carbonyl (C=O) groups excluding carboxylic acids is 1. The molecule has 0 aromatic rings. The van der Waals surface area contributed by atoms with Crippen LogP contribution in [0, 0.1) is 5.41 Å². The molecular formula is C16H28N2O. The lowest BCUT2D eigenvalue weighted by Gasteiger charge is -2.31. The van der Waals surface area contributed by atoms with Crippen LogP contribution in [0.5, 0.6) is 0 Å². The fraction of sp³-hybridized carbons (Fsp3) is 0.938. The molecule has 0 unspecified atom stereocenters. The minimum atomic E-state index is 0.255. The van der Waals surface area contributed by atoms with Gasteiger partial charge in [-0.05, 0) is 44.1 Å². The predicted molar refractivity (Wildman–Crippen MR) is 77.0 cm³/mol. The summed E-state index contributed by atoms with van der Waals surface area (Å²) in [6, 6.07) is 0.654. The van der Waals surface area contributed by atoms with Crippen LogP contribution in [0.15, 0.2) is 0 Å². The third-order valence-electron chi connectivity index (χ3n) is 5.65. The van der Waals surface area contributed by atoms with Crippen LogP contribution >= 0.6 is 0 Å². The molecule has 1 amide bonds. The van der Waals surface area contributed by atoms with Gasteiger partial charge in [-0.3, -0.25) is 9.69 Å². The number of rotatable bonds is 1. The SMILES string of the molecule is O=C1CC[C@@H](N2CCC3(CCCCCC3)C2)CCN1. The number of likely N-dealkylation sites (tertiary alicyclic amines) is 1. The van der Waals surface area contributed by atoms with E-state index in [1.165, 1.54) is 58.0 Å². The monoisotopic (exact) mass is 264 g/mol. The molecule has 1 spiro atoms. The van der Waals surface area contributed by atoms with E-state index in [1.807, 2.05) is 0 Å². The fourth-order valence-electron chi connectivity index (χ4n) is 4.44. The Balaban J connectivity index is 1.59. The van der Waals surface area contributed by atoms with Crippen molar-refractivity contribution in [1.29, 1.82) is 0 Å². The Labute approximate surface area is 117 Å². The van der Waals surface area contributed by atoms with Crippen molar-refractivity contribution >= 4 is 5.91 Å². The Morgan fingerprint density at radius 2 is 1.84 bits per heavy atom. The van der Waals surface area contributed by atoms with E-state index in [1.54, 1.807) is 0 Å².